The summed E-state index contributed by atoms with van der Waals surface area (Å²) in [6.07, 6.45) is -0.105. The summed E-state index contributed by atoms with van der Waals surface area (Å²) in [6.45, 7) is 12.7. The molecule has 3 heteroatoms. The number of rotatable bonds is 8. The average Bonchev–Trinajstić information content (AvgIpc) is 2.14. The number of hydrogen-bond acceptors (Lipinski definition) is 3. The minimum atomic E-state index is -0.105. The molecule has 0 heterocycles. The molecule has 0 saturated carbocycles. The van der Waals surface area contributed by atoms with Gasteiger partial charge in [0.2, 0.25) is 0 Å². The van der Waals surface area contributed by atoms with Crippen molar-refractivity contribution in [2.75, 3.05) is 19.8 Å². The summed E-state index contributed by atoms with van der Waals surface area (Å²) in [7, 11) is 0. The van der Waals surface area contributed by atoms with E-state index in [4.69, 9.17) is 9.47 Å². The van der Waals surface area contributed by atoms with E-state index in [2.05, 4.69) is 26.1 Å². The van der Waals surface area contributed by atoms with Crippen molar-refractivity contribution in [3.63, 3.8) is 0 Å². The molecular weight excluding hydrogens is 178 g/mol. The SMILES string of the molecule is CCOC(CNC(C)C(C)C)OCC. The molecule has 0 saturated heterocycles. The van der Waals surface area contributed by atoms with Crippen molar-refractivity contribution in [3.8, 4) is 0 Å². The zero-order valence-electron chi connectivity index (χ0n) is 10.2. The van der Waals surface area contributed by atoms with E-state index >= 15 is 0 Å². The van der Waals surface area contributed by atoms with Crippen LogP contribution in [-0.2, 0) is 9.47 Å². The van der Waals surface area contributed by atoms with Gasteiger partial charge in [-0.05, 0) is 26.7 Å². The van der Waals surface area contributed by atoms with Gasteiger partial charge >= 0.3 is 0 Å². The molecule has 3 nitrogen and oxygen atoms in total. The lowest BCUT2D eigenvalue weighted by molar-refractivity contribution is -0.134. The fraction of sp³-hybridized carbons (Fsp3) is 1.00. The Morgan fingerprint density at radius 2 is 1.50 bits per heavy atom. The first kappa shape index (κ1) is 13.9. The molecule has 1 N–H and O–H groups in total. The molecule has 0 aliphatic carbocycles. The second-order valence-electron chi connectivity index (χ2n) is 3.78. The smallest absolute Gasteiger partial charge is 0.169 e. The molecule has 86 valence electrons. The van der Waals surface area contributed by atoms with Crippen molar-refractivity contribution in [2.45, 2.75) is 47.0 Å². The van der Waals surface area contributed by atoms with Gasteiger partial charge < -0.3 is 14.8 Å². The van der Waals surface area contributed by atoms with E-state index in [0.717, 1.165) is 6.54 Å². The molecular formula is C11H25NO2. The monoisotopic (exact) mass is 203 g/mol. The molecule has 1 atom stereocenters. The van der Waals surface area contributed by atoms with E-state index in [0.29, 0.717) is 25.2 Å². The zero-order valence-corrected chi connectivity index (χ0v) is 10.2. The van der Waals surface area contributed by atoms with E-state index in [1.54, 1.807) is 0 Å². The maximum absolute atomic E-state index is 5.43. The summed E-state index contributed by atoms with van der Waals surface area (Å²) >= 11 is 0. The van der Waals surface area contributed by atoms with Crippen molar-refractivity contribution in [1.29, 1.82) is 0 Å². The minimum Gasteiger partial charge on any atom is -0.352 e. The number of hydrogen-bond donors (Lipinski definition) is 1. The van der Waals surface area contributed by atoms with E-state index < -0.39 is 0 Å². The largest absolute Gasteiger partial charge is 0.352 e. The van der Waals surface area contributed by atoms with Gasteiger partial charge in [-0.3, -0.25) is 0 Å². The van der Waals surface area contributed by atoms with Crippen LogP contribution in [0.1, 0.15) is 34.6 Å². The summed E-state index contributed by atoms with van der Waals surface area (Å²) < 4.78 is 10.9. The Labute approximate surface area is 88.2 Å². The lowest BCUT2D eigenvalue weighted by atomic mass is 10.1. The normalized spacial score (nSPS) is 13.9. The second-order valence-corrected chi connectivity index (χ2v) is 3.78. The van der Waals surface area contributed by atoms with E-state index in [1.165, 1.54) is 0 Å². The Balaban J connectivity index is 3.68. The Bertz CT molecular complexity index is 122. The highest BCUT2D eigenvalue weighted by Crippen LogP contribution is 2.01. The molecule has 0 aliphatic heterocycles. The molecule has 14 heavy (non-hydrogen) atoms. The molecule has 0 radical (unpaired) electrons. The second kappa shape index (κ2) is 8.21. The minimum absolute atomic E-state index is 0.105. The highest BCUT2D eigenvalue weighted by Gasteiger charge is 2.11. The third-order valence-corrected chi connectivity index (χ3v) is 2.31. The Hall–Kier alpha value is -0.120. The molecule has 0 aromatic carbocycles. The topological polar surface area (TPSA) is 30.5 Å². The highest BCUT2D eigenvalue weighted by atomic mass is 16.7. The Morgan fingerprint density at radius 3 is 1.86 bits per heavy atom. The van der Waals surface area contributed by atoms with Crippen LogP contribution < -0.4 is 5.32 Å². The number of nitrogens with one attached hydrogen (secondary N) is 1. The molecule has 0 amide bonds. The van der Waals surface area contributed by atoms with Gasteiger partial charge in [0, 0.05) is 25.8 Å². The molecule has 1 unspecified atom stereocenters. The maximum atomic E-state index is 5.43. The lowest BCUT2D eigenvalue weighted by Gasteiger charge is -2.22. The van der Waals surface area contributed by atoms with Crippen LogP contribution in [0.2, 0.25) is 0 Å². The van der Waals surface area contributed by atoms with E-state index in [9.17, 15) is 0 Å². The van der Waals surface area contributed by atoms with Crippen molar-refractivity contribution in [3.05, 3.63) is 0 Å². The molecule has 0 rings (SSSR count). The van der Waals surface area contributed by atoms with Crippen LogP contribution in [0, 0.1) is 5.92 Å². The van der Waals surface area contributed by atoms with Crippen LogP contribution in [0.15, 0.2) is 0 Å². The van der Waals surface area contributed by atoms with Gasteiger partial charge in [-0.1, -0.05) is 13.8 Å². The Kier molecular flexibility index (Phi) is 8.14. The summed E-state index contributed by atoms with van der Waals surface area (Å²) in [6, 6.07) is 0.499. The third-order valence-electron chi connectivity index (χ3n) is 2.31. The van der Waals surface area contributed by atoms with Gasteiger partial charge in [0.1, 0.15) is 0 Å². The van der Waals surface area contributed by atoms with Gasteiger partial charge in [-0.15, -0.1) is 0 Å². The predicted octanol–water partition coefficient (Wildman–Crippen LogP) is 2.02. The van der Waals surface area contributed by atoms with Crippen molar-refractivity contribution in [2.24, 2.45) is 5.92 Å². The van der Waals surface area contributed by atoms with Gasteiger partial charge in [0.15, 0.2) is 6.29 Å². The molecule has 0 spiro atoms. The average molecular weight is 203 g/mol. The predicted molar refractivity (Wildman–Crippen MR) is 59.3 cm³/mol. The maximum Gasteiger partial charge on any atom is 0.169 e. The molecule has 0 aromatic heterocycles. The van der Waals surface area contributed by atoms with Crippen molar-refractivity contribution < 1.29 is 9.47 Å². The van der Waals surface area contributed by atoms with Gasteiger partial charge in [0.25, 0.3) is 0 Å². The van der Waals surface area contributed by atoms with E-state index in [1.807, 2.05) is 13.8 Å². The first-order valence-electron chi connectivity index (χ1n) is 5.58. The highest BCUT2D eigenvalue weighted by molar-refractivity contribution is 4.65. The first-order chi connectivity index (χ1) is 6.61. The van der Waals surface area contributed by atoms with Gasteiger partial charge in [0.05, 0.1) is 0 Å². The van der Waals surface area contributed by atoms with Crippen LogP contribution >= 0.6 is 0 Å². The fourth-order valence-electron chi connectivity index (χ4n) is 1.06. The first-order valence-corrected chi connectivity index (χ1v) is 5.58. The lowest BCUT2D eigenvalue weighted by Crippen LogP contribution is -2.39. The number of ether oxygens (including phenoxy) is 2. The van der Waals surface area contributed by atoms with E-state index in [-0.39, 0.29) is 6.29 Å². The standard InChI is InChI=1S/C11H25NO2/c1-6-13-11(14-7-2)8-12-10(5)9(3)4/h9-12H,6-8H2,1-5H3. The molecule has 0 fully saturated rings. The molecule has 0 aliphatic rings. The summed E-state index contributed by atoms with van der Waals surface area (Å²) in [5.74, 6) is 0.638. The summed E-state index contributed by atoms with van der Waals surface area (Å²) in [5.41, 5.74) is 0. The quantitative estimate of drug-likeness (QED) is 0.612. The molecule has 0 bridgehead atoms. The fourth-order valence-corrected chi connectivity index (χ4v) is 1.06. The van der Waals surface area contributed by atoms with Gasteiger partial charge in [-0.2, -0.15) is 0 Å². The zero-order chi connectivity index (χ0) is 11.0. The van der Waals surface area contributed by atoms with Crippen molar-refractivity contribution >= 4 is 0 Å². The van der Waals surface area contributed by atoms with Crippen LogP contribution in [0.4, 0.5) is 0 Å². The van der Waals surface area contributed by atoms with Crippen molar-refractivity contribution in [1.82, 2.24) is 5.32 Å². The van der Waals surface area contributed by atoms with Crippen LogP contribution in [-0.4, -0.2) is 32.1 Å². The third kappa shape index (κ3) is 6.35. The van der Waals surface area contributed by atoms with Gasteiger partial charge in [-0.25, -0.2) is 0 Å². The van der Waals surface area contributed by atoms with Crippen LogP contribution in [0.3, 0.4) is 0 Å². The van der Waals surface area contributed by atoms with Crippen LogP contribution in [0.25, 0.3) is 0 Å². The Morgan fingerprint density at radius 1 is 1.00 bits per heavy atom. The summed E-state index contributed by atoms with van der Waals surface area (Å²) in [5, 5.41) is 3.40. The summed E-state index contributed by atoms with van der Waals surface area (Å²) in [4.78, 5) is 0. The van der Waals surface area contributed by atoms with Crippen LogP contribution in [0.5, 0.6) is 0 Å². The molecule has 0 aromatic rings.